The van der Waals surface area contributed by atoms with Crippen LogP contribution in [-0.2, 0) is 13.0 Å². The van der Waals surface area contributed by atoms with Gasteiger partial charge in [0.25, 0.3) is 0 Å². The van der Waals surface area contributed by atoms with Crippen molar-refractivity contribution in [2.24, 2.45) is 0 Å². The molecule has 92 valence electrons. The Morgan fingerprint density at radius 1 is 1.41 bits per heavy atom. The molecule has 0 radical (unpaired) electrons. The highest BCUT2D eigenvalue weighted by atomic mass is 32.1. The van der Waals surface area contributed by atoms with Gasteiger partial charge in [0.1, 0.15) is 0 Å². The Bertz CT molecular complexity index is 436. The fourth-order valence-electron chi connectivity index (χ4n) is 1.54. The standard InChI is InChI=1S/C12H17N3S2/c1-13-6-5-10-9-17-12(14-10)15(2)8-11-4-3-7-16-11/h3-4,7,9,13H,5-6,8H2,1-2H3. The van der Waals surface area contributed by atoms with Gasteiger partial charge in [-0.3, -0.25) is 0 Å². The van der Waals surface area contributed by atoms with Gasteiger partial charge in [0.05, 0.1) is 12.2 Å². The van der Waals surface area contributed by atoms with E-state index in [9.17, 15) is 0 Å². The molecule has 0 saturated heterocycles. The molecule has 1 N–H and O–H groups in total. The van der Waals surface area contributed by atoms with Crippen molar-refractivity contribution in [2.45, 2.75) is 13.0 Å². The highest BCUT2D eigenvalue weighted by molar-refractivity contribution is 7.13. The van der Waals surface area contributed by atoms with Crippen molar-refractivity contribution in [3.63, 3.8) is 0 Å². The van der Waals surface area contributed by atoms with Crippen molar-refractivity contribution in [1.29, 1.82) is 0 Å². The summed E-state index contributed by atoms with van der Waals surface area (Å²) in [6.07, 6.45) is 1.000. The maximum atomic E-state index is 4.64. The molecule has 17 heavy (non-hydrogen) atoms. The second-order valence-electron chi connectivity index (χ2n) is 3.91. The third-order valence-corrected chi connectivity index (χ3v) is 4.34. The van der Waals surface area contributed by atoms with Gasteiger partial charge >= 0.3 is 0 Å². The Hall–Kier alpha value is -0.910. The van der Waals surface area contributed by atoms with E-state index in [1.807, 2.05) is 7.05 Å². The number of aromatic nitrogens is 1. The molecule has 2 aromatic rings. The molecule has 2 rings (SSSR count). The summed E-state index contributed by atoms with van der Waals surface area (Å²) in [5.74, 6) is 0. The minimum atomic E-state index is 0.941. The molecule has 0 amide bonds. The Labute approximate surface area is 110 Å². The maximum absolute atomic E-state index is 4.64. The van der Waals surface area contributed by atoms with Gasteiger partial charge in [-0.2, -0.15) is 0 Å². The van der Waals surface area contributed by atoms with E-state index in [1.54, 1.807) is 22.7 Å². The fourth-order valence-corrected chi connectivity index (χ4v) is 3.13. The first-order valence-corrected chi connectivity index (χ1v) is 7.38. The molecule has 0 aromatic carbocycles. The number of likely N-dealkylation sites (N-methyl/N-ethyl adjacent to an activating group) is 1. The number of hydrogen-bond acceptors (Lipinski definition) is 5. The summed E-state index contributed by atoms with van der Waals surface area (Å²) in [6, 6.07) is 4.25. The minimum Gasteiger partial charge on any atom is -0.346 e. The summed E-state index contributed by atoms with van der Waals surface area (Å²) in [5, 5.41) is 8.51. The predicted octanol–water partition coefficient (Wildman–Crippen LogP) is 2.60. The summed E-state index contributed by atoms with van der Waals surface area (Å²) in [4.78, 5) is 8.22. The average molecular weight is 267 g/mol. The molecule has 5 heteroatoms. The van der Waals surface area contributed by atoms with E-state index in [0.29, 0.717) is 0 Å². The molecule has 0 spiro atoms. The molecule has 0 fully saturated rings. The topological polar surface area (TPSA) is 28.2 Å². The van der Waals surface area contributed by atoms with Crippen LogP contribution in [0.5, 0.6) is 0 Å². The molecular weight excluding hydrogens is 250 g/mol. The van der Waals surface area contributed by atoms with Crippen LogP contribution < -0.4 is 10.2 Å². The Kier molecular flexibility index (Phi) is 4.53. The van der Waals surface area contributed by atoms with E-state index in [2.05, 4.69) is 45.1 Å². The molecule has 0 aliphatic heterocycles. The number of thiophene rings is 1. The molecule has 0 unspecified atom stereocenters. The van der Waals surface area contributed by atoms with Gasteiger partial charge in [-0.05, 0) is 18.5 Å². The van der Waals surface area contributed by atoms with Gasteiger partial charge in [0, 0.05) is 30.3 Å². The first-order chi connectivity index (χ1) is 8.29. The first-order valence-electron chi connectivity index (χ1n) is 5.62. The van der Waals surface area contributed by atoms with Crippen molar-refractivity contribution < 1.29 is 0 Å². The minimum absolute atomic E-state index is 0.941. The van der Waals surface area contributed by atoms with Crippen LogP contribution >= 0.6 is 22.7 Å². The Balaban J connectivity index is 1.94. The van der Waals surface area contributed by atoms with Gasteiger partial charge in [0.15, 0.2) is 5.13 Å². The zero-order valence-corrected chi connectivity index (χ0v) is 11.8. The molecule has 2 aromatic heterocycles. The summed E-state index contributed by atoms with van der Waals surface area (Å²) in [7, 11) is 4.07. The van der Waals surface area contributed by atoms with Crippen LogP contribution in [-0.4, -0.2) is 25.6 Å². The third-order valence-electron chi connectivity index (χ3n) is 2.47. The summed E-state index contributed by atoms with van der Waals surface area (Å²) >= 11 is 3.51. The van der Waals surface area contributed by atoms with Gasteiger partial charge in [0.2, 0.25) is 0 Å². The van der Waals surface area contributed by atoms with E-state index >= 15 is 0 Å². The number of hydrogen-bond donors (Lipinski definition) is 1. The van der Waals surface area contributed by atoms with E-state index in [4.69, 9.17) is 0 Å². The third kappa shape index (κ3) is 3.52. The van der Waals surface area contributed by atoms with Crippen LogP contribution in [0.1, 0.15) is 10.6 Å². The molecule has 3 nitrogen and oxygen atoms in total. The molecule has 0 aliphatic carbocycles. The molecule has 0 saturated carbocycles. The van der Waals surface area contributed by atoms with Crippen LogP contribution in [0.15, 0.2) is 22.9 Å². The van der Waals surface area contributed by atoms with Gasteiger partial charge in [-0.25, -0.2) is 4.98 Å². The fraction of sp³-hybridized carbons (Fsp3) is 0.417. The van der Waals surface area contributed by atoms with E-state index < -0.39 is 0 Å². The SMILES string of the molecule is CNCCc1csc(N(C)Cc2cccs2)n1. The zero-order valence-electron chi connectivity index (χ0n) is 10.1. The molecule has 0 aliphatic rings. The smallest absolute Gasteiger partial charge is 0.185 e. The van der Waals surface area contributed by atoms with Crippen molar-refractivity contribution in [1.82, 2.24) is 10.3 Å². The Morgan fingerprint density at radius 2 is 2.29 bits per heavy atom. The van der Waals surface area contributed by atoms with Crippen LogP contribution in [0.4, 0.5) is 5.13 Å². The lowest BCUT2D eigenvalue weighted by molar-refractivity contribution is 0.778. The van der Waals surface area contributed by atoms with Gasteiger partial charge in [-0.15, -0.1) is 22.7 Å². The lowest BCUT2D eigenvalue weighted by atomic mass is 10.3. The van der Waals surface area contributed by atoms with Crippen molar-refractivity contribution in [3.8, 4) is 0 Å². The molecule has 0 atom stereocenters. The summed E-state index contributed by atoms with van der Waals surface area (Å²) in [5.41, 5.74) is 1.18. The molecule has 2 heterocycles. The Morgan fingerprint density at radius 3 is 3.00 bits per heavy atom. The number of nitrogens with one attached hydrogen (secondary N) is 1. The summed E-state index contributed by atoms with van der Waals surface area (Å²) in [6.45, 7) is 1.93. The average Bonchev–Trinajstić information content (AvgIpc) is 2.96. The molecule has 0 bridgehead atoms. The van der Waals surface area contributed by atoms with E-state index in [-0.39, 0.29) is 0 Å². The number of nitrogens with zero attached hydrogens (tertiary/aromatic N) is 2. The number of thiazole rings is 1. The van der Waals surface area contributed by atoms with Crippen molar-refractivity contribution >= 4 is 27.8 Å². The summed E-state index contributed by atoms with van der Waals surface area (Å²) < 4.78 is 0. The lowest BCUT2D eigenvalue weighted by Crippen LogP contribution is -2.15. The van der Waals surface area contributed by atoms with Crippen LogP contribution in [0.3, 0.4) is 0 Å². The van der Waals surface area contributed by atoms with Crippen molar-refractivity contribution in [2.75, 3.05) is 25.5 Å². The highest BCUT2D eigenvalue weighted by Crippen LogP contribution is 2.22. The van der Waals surface area contributed by atoms with Crippen molar-refractivity contribution in [3.05, 3.63) is 33.5 Å². The van der Waals surface area contributed by atoms with E-state index in [1.165, 1.54) is 10.6 Å². The lowest BCUT2D eigenvalue weighted by Gasteiger charge is -2.14. The van der Waals surface area contributed by atoms with Gasteiger partial charge in [-0.1, -0.05) is 6.07 Å². The predicted molar refractivity (Wildman–Crippen MR) is 76.2 cm³/mol. The van der Waals surface area contributed by atoms with Crippen LogP contribution in [0.25, 0.3) is 0 Å². The van der Waals surface area contributed by atoms with Crippen LogP contribution in [0.2, 0.25) is 0 Å². The highest BCUT2D eigenvalue weighted by Gasteiger charge is 2.07. The quantitative estimate of drug-likeness (QED) is 0.872. The normalized spacial score (nSPS) is 10.7. The maximum Gasteiger partial charge on any atom is 0.185 e. The zero-order chi connectivity index (χ0) is 12.1. The first kappa shape index (κ1) is 12.5. The molecular formula is C12H17N3S2. The second-order valence-corrected chi connectivity index (χ2v) is 5.78. The number of anilines is 1. The largest absolute Gasteiger partial charge is 0.346 e. The van der Waals surface area contributed by atoms with Gasteiger partial charge < -0.3 is 10.2 Å². The van der Waals surface area contributed by atoms with Crippen LogP contribution in [0, 0.1) is 0 Å². The monoisotopic (exact) mass is 267 g/mol. The number of rotatable bonds is 6. The van der Waals surface area contributed by atoms with E-state index in [0.717, 1.165) is 24.6 Å². The second kappa shape index (κ2) is 6.14.